The first-order valence-corrected chi connectivity index (χ1v) is 6.51. The standard InChI is InChI=1S/C15H16ClNO/c1-11(2)18-14-4-3-9-17-15(14)13-7-5-12(10-16)6-8-13/h3-9,11H,10H2,1-2H3. The second-order valence-electron chi connectivity index (χ2n) is 4.35. The number of hydrogen-bond acceptors (Lipinski definition) is 2. The normalized spacial score (nSPS) is 10.7. The molecular formula is C15H16ClNO. The van der Waals surface area contributed by atoms with E-state index in [1.165, 1.54) is 0 Å². The molecule has 3 heteroatoms. The number of rotatable bonds is 4. The van der Waals surface area contributed by atoms with Gasteiger partial charge in [0.2, 0.25) is 0 Å². The van der Waals surface area contributed by atoms with E-state index in [4.69, 9.17) is 16.3 Å². The van der Waals surface area contributed by atoms with Gasteiger partial charge in [0, 0.05) is 17.6 Å². The summed E-state index contributed by atoms with van der Waals surface area (Å²) in [6.45, 7) is 4.01. The van der Waals surface area contributed by atoms with Crippen molar-refractivity contribution in [2.75, 3.05) is 0 Å². The molecular weight excluding hydrogens is 246 g/mol. The Morgan fingerprint density at radius 2 is 1.89 bits per heavy atom. The Labute approximate surface area is 113 Å². The quantitative estimate of drug-likeness (QED) is 0.767. The monoisotopic (exact) mass is 261 g/mol. The first kappa shape index (κ1) is 12.9. The van der Waals surface area contributed by atoms with Crippen molar-refractivity contribution >= 4 is 11.6 Å². The van der Waals surface area contributed by atoms with Crippen LogP contribution in [0.2, 0.25) is 0 Å². The van der Waals surface area contributed by atoms with Crippen LogP contribution in [0.15, 0.2) is 42.6 Å². The van der Waals surface area contributed by atoms with E-state index in [2.05, 4.69) is 4.98 Å². The van der Waals surface area contributed by atoms with Crippen molar-refractivity contribution < 1.29 is 4.74 Å². The summed E-state index contributed by atoms with van der Waals surface area (Å²) < 4.78 is 5.77. The van der Waals surface area contributed by atoms with E-state index in [9.17, 15) is 0 Å². The Balaban J connectivity index is 2.36. The Morgan fingerprint density at radius 3 is 2.50 bits per heavy atom. The lowest BCUT2D eigenvalue weighted by Crippen LogP contribution is -2.07. The zero-order valence-corrected chi connectivity index (χ0v) is 11.3. The van der Waals surface area contributed by atoms with Crippen molar-refractivity contribution in [3.63, 3.8) is 0 Å². The fourth-order valence-electron chi connectivity index (χ4n) is 1.71. The summed E-state index contributed by atoms with van der Waals surface area (Å²) in [6.07, 6.45) is 1.91. The molecule has 0 amide bonds. The minimum atomic E-state index is 0.134. The van der Waals surface area contributed by atoms with Crippen LogP contribution in [-0.4, -0.2) is 11.1 Å². The molecule has 0 atom stereocenters. The molecule has 0 fully saturated rings. The van der Waals surface area contributed by atoms with E-state index in [0.29, 0.717) is 5.88 Å². The first-order valence-electron chi connectivity index (χ1n) is 5.97. The van der Waals surface area contributed by atoms with Gasteiger partial charge in [0.05, 0.1) is 6.10 Å². The van der Waals surface area contributed by atoms with Crippen LogP contribution in [0.1, 0.15) is 19.4 Å². The number of aromatic nitrogens is 1. The third kappa shape index (κ3) is 3.02. The molecule has 0 N–H and O–H groups in total. The molecule has 94 valence electrons. The highest BCUT2D eigenvalue weighted by Crippen LogP contribution is 2.28. The summed E-state index contributed by atoms with van der Waals surface area (Å²) >= 11 is 5.79. The van der Waals surface area contributed by atoms with Gasteiger partial charge >= 0.3 is 0 Å². The Bertz CT molecular complexity index is 508. The summed E-state index contributed by atoms with van der Waals surface area (Å²) in [7, 11) is 0. The highest BCUT2D eigenvalue weighted by atomic mass is 35.5. The second-order valence-corrected chi connectivity index (χ2v) is 4.61. The van der Waals surface area contributed by atoms with Crippen LogP contribution >= 0.6 is 11.6 Å². The van der Waals surface area contributed by atoms with E-state index < -0.39 is 0 Å². The largest absolute Gasteiger partial charge is 0.489 e. The van der Waals surface area contributed by atoms with E-state index >= 15 is 0 Å². The zero-order chi connectivity index (χ0) is 13.0. The molecule has 0 unspecified atom stereocenters. The summed E-state index contributed by atoms with van der Waals surface area (Å²) in [4.78, 5) is 4.40. The highest BCUT2D eigenvalue weighted by Gasteiger charge is 2.08. The predicted molar refractivity (Wildman–Crippen MR) is 75.0 cm³/mol. The number of hydrogen-bond donors (Lipinski definition) is 0. The molecule has 0 saturated heterocycles. The minimum absolute atomic E-state index is 0.134. The molecule has 1 heterocycles. The van der Waals surface area contributed by atoms with Crippen LogP contribution in [0.5, 0.6) is 5.75 Å². The average Bonchev–Trinajstić information content (AvgIpc) is 2.39. The van der Waals surface area contributed by atoms with Crippen LogP contribution in [-0.2, 0) is 5.88 Å². The molecule has 2 nitrogen and oxygen atoms in total. The zero-order valence-electron chi connectivity index (χ0n) is 10.6. The van der Waals surface area contributed by atoms with Crippen LogP contribution in [0.3, 0.4) is 0 Å². The molecule has 0 aliphatic rings. The fraction of sp³-hybridized carbons (Fsp3) is 0.267. The van der Waals surface area contributed by atoms with Gasteiger partial charge in [-0.2, -0.15) is 0 Å². The Kier molecular flexibility index (Phi) is 4.21. The summed E-state index contributed by atoms with van der Waals surface area (Å²) in [5, 5.41) is 0. The fourth-order valence-corrected chi connectivity index (χ4v) is 1.89. The number of alkyl halides is 1. The van der Waals surface area contributed by atoms with Crippen molar-refractivity contribution in [3.8, 4) is 17.0 Å². The lowest BCUT2D eigenvalue weighted by Gasteiger charge is -2.13. The van der Waals surface area contributed by atoms with Crippen molar-refractivity contribution in [2.24, 2.45) is 0 Å². The maximum absolute atomic E-state index is 5.79. The van der Waals surface area contributed by atoms with Crippen molar-refractivity contribution in [1.29, 1.82) is 0 Å². The van der Waals surface area contributed by atoms with Gasteiger partial charge in [-0.3, -0.25) is 4.98 Å². The summed E-state index contributed by atoms with van der Waals surface area (Å²) in [5.41, 5.74) is 3.01. The number of ether oxygens (including phenoxy) is 1. The summed E-state index contributed by atoms with van der Waals surface area (Å²) in [5.74, 6) is 1.34. The van der Waals surface area contributed by atoms with Gasteiger partial charge < -0.3 is 4.74 Å². The molecule has 0 saturated carbocycles. The molecule has 0 aliphatic carbocycles. The SMILES string of the molecule is CC(C)Oc1cccnc1-c1ccc(CCl)cc1. The molecule has 2 aromatic rings. The highest BCUT2D eigenvalue weighted by molar-refractivity contribution is 6.17. The maximum Gasteiger partial charge on any atom is 0.145 e. The third-order valence-corrected chi connectivity index (χ3v) is 2.82. The summed E-state index contributed by atoms with van der Waals surface area (Å²) in [6, 6.07) is 11.9. The second kappa shape index (κ2) is 5.87. The van der Waals surface area contributed by atoms with Gasteiger partial charge in [-0.25, -0.2) is 0 Å². The van der Waals surface area contributed by atoms with Crippen LogP contribution in [0.4, 0.5) is 0 Å². The van der Waals surface area contributed by atoms with E-state index in [0.717, 1.165) is 22.6 Å². The number of nitrogens with zero attached hydrogens (tertiary/aromatic N) is 1. The molecule has 0 aliphatic heterocycles. The molecule has 0 spiro atoms. The van der Waals surface area contributed by atoms with E-state index in [1.807, 2.05) is 50.2 Å². The average molecular weight is 262 g/mol. The minimum Gasteiger partial charge on any atom is -0.489 e. The molecule has 1 aromatic heterocycles. The predicted octanol–water partition coefficient (Wildman–Crippen LogP) is 4.27. The number of benzene rings is 1. The molecule has 0 radical (unpaired) electrons. The molecule has 1 aromatic carbocycles. The van der Waals surface area contributed by atoms with Gasteiger partial charge in [0.1, 0.15) is 11.4 Å². The molecule has 18 heavy (non-hydrogen) atoms. The Morgan fingerprint density at radius 1 is 1.17 bits per heavy atom. The van der Waals surface area contributed by atoms with E-state index in [1.54, 1.807) is 6.20 Å². The van der Waals surface area contributed by atoms with Gasteiger partial charge in [0.25, 0.3) is 0 Å². The van der Waals surface area contributed by atoms with Crippen LogP contribution in [0.25, 0.3) is 11.3 Å². The topological polar surface area (TPSA) is 22.1 Å². The smallest absolute Gasteiger partial charge is 0.145 e. The van der Waals surface area contributed by atoms with Gasteiger partial charge in [-0.1, -0.05) is 24.3 Å². The van der Waals surface area contributed by atoms with Crippen LogP contribution < -0.4 is 4.74 Å². The number of pyridine rings is 1. The van der Waals surface area contributed by atoms with Crippen molar-refractivity contribution in [2.45, 2.75) is 25.8 Å². The molecule has 0 bridgehead atoms. The lowest BCUT2D eigenvalue weighted by molar-refractivity contribution is 0.242. The number of halogens is 1. The van der Waals surface area contributed by atoms with Crippen molar-refractivity contribution in [3.05, 3.63) is 48.2 Å². The Hall–Kier alpha value is -1.54. The van der Waals surface area contributed by atoms with E-state index in [-0.39, 0.29) is 6.10 Å². The molecule has 2 rings (SSSR count). The van der Waals surface area contributed by atoms with Crippen LogP contribution in [0, 0.1) is 0 Å². The van der Waals surface area contributed by atoms with Gasteiger partial charge in [-0.05, 0) is 31.5 Å². The maximum atomic E-state index is 5.79. The third-order valence-electron chi connectivity index (χ3n) is 2.52. The lowest BCUT2D eigenvalue weighted by atomic mass is 10.1. The van der Waals surface area contributed by atoms with Gasteiger partial charge in [-0.15, -0.1) is 11.6 Å². The first-order chi connectivity index (χ1) is 8.70. The van der Waals surface area contributed by atoms with Gasteiger partial charge in [0.15, 0.2) is 0 Å². The van der Waals surface area contributed by atoms with Crippen molar-refractivity contribution in [1.82, 2.24) is 4.98 Å².